The summed E-state index contributed by atoms with van der Waals surface area (Å²) < 4.78 is 5.39. The number of likely N-dealkylation sites (tertiary alicyclic amines) is 1. The van der Waals surface area contributed by atoms with E-state index in [0.29, 0.717) is 23.5 Å². The average Bonchev–Trinajstić information content (AvgIpc) is 2.51. The van der Waals surface area contributed by atoms with E-state index in [4.69, 9.17) is 4.74 Å². The van der Waals surface area contributed by atoms with Crippen molar-refractivity contribution in [2.45, 2.75) is 50.0 Å². The Morgan fingerprint density at radius 2 is 2.14 bits per heavy atom. The van der Waals surface area contributed by atoms with Gasteiger partial charge in [-0.3, -0.25) is 0 Å². The maximum Gasteiger partial charge on any atom is 0.161 e. The molecule has 1 aliphatic heterocycles. The van der Waals surface area contributed by atoms with Gasteiger partial charge in [0.25, 0.3) is 0 Å². The zero-order chi connectivity index (χ0) is 14.6. The molecular formula is C18H25NO2. The molecule has 3 aliphatic rings. The molecule has 1 unspecified atom stereocenters. The van der Waals surface area contributed by atoms with Crippen LogP contribution >= 0.6 is 0 Å². The molecular weight excluding hydrogens is 262 g/mol. The first-order valence-corrected chi connectivity index (χ1v) is 8.27. The summed E-state index contributed by atoms with van der Waals surface area (Å²) >= 11 is 0. The van der Waals surface area contributed by atoms with Gasteiger partial charge >= 0.3 is 0 Å². The number of methoxy groups -OCH3 is 1. The van der Waals surface area contributed by atoms with E-state index in [9.17, 15) is 5.11 Å². The van der Waals surface area contributed by atoms with Gasteiger partial charge in [-0.1, -0.05) is 18.9 Å². The van der Waals surface area contributed by atoms with Gasteiger partial charge in [0.2, 0.25) is 0 Å². The molecule has 0 aromatic heterocycles. The van der Waals surface area contributed by atoms with E-state index >= 15 is 0 Å². The molecule has 1 saturated heterocycles. The van der Waals surface area contributed by atoms with Gasteiger partial charge in [-0.15, -0.1) is 0 Å². The molecule has 0 spiro atoms. The molecule has 1 N–H and O–H groups in total. The second-order valence-corrected chi connectivity index (χ2v) is 7.16. The highest BCUT2D eigenvalue weighted by Crippen LogP contribution is 2.58. The number of piperidine rings is 1. The van der Waals surface area contributed by atoms with Gasteiger partial charge in [0, 0.05) is 17.0 Å². The molecule has 0 radical (unpaired) electrons. The third-order valence-corrected chi connectivity index (χ3v) is 6.41. The summed E-state index contributed by atoms with van der Waals surface area (Å²) in [7, 11) is 3.93. The minimum atomic E-state index is 0.196. The molecule has 2 bridgehead atoms. The van der Waals surface area contributed by atoms with E-state index in [2.05, 4.69) is 18.0 Å². The molecule has 2 fully saturated rings. The number of rotatable bonds is 1. The Bertz CT molecular complexity index is 571. The first kappa shape index (κ1) is 13.4. The van der Waals surface area contributed by atoms with Crippen LogP contribution in [-0.2, 0) is 11.8 Å². The van der Waals surface area contributed by atoms with Crippen LogP contribution in [0.3, 0.4) is 0 Å². The fraction of sp³-hybridized carbons (Fsp3) is 0.667. The molecule has 21 heavy (non-hydrogen) atoms. The SMILES string of the molecule is COc1ccc2c(c1O)[C@@]13CCCCC1[C@@H](C2)N(C)CC3. The molecule has 1 heterocycles. The normalized spacial score (nSPS) is 35.0. The number of ether oxygens (including phenoxy) is 1. The van der Waals surface area contributed by atoms with Crippen LogP contribution in [0, 0.1) is 5.92 Å². The Labute approximate surface area is 126 Å². The van der Waals surface area contributed by atoms with E-state index in [1.165, 1.54) is 43.2 Å². The van der Waals surface area contributed by atoms with Crippen LogP contribution in [0.4, 0.5) is 0 Å². The number of aromatic hydroxyl groups is 1. The second-order valence-electron chi connectivity index (χ2n) is 7.16. The van der Waals surface area contributed by atoms with E-state index in [0.717, 1.165) is 13.0 Å². The standard InChI is InChI=1S/C18H25NO2/c1-19-10-9-18-8-4-3-5-13(18)14(19)11-12-6-7-15(21-2)17(20)16(12)18/h6-7,13-14,20H,3-5,8-11H2,1-2H3/t13?,14-,18-/m1/s1. The number of phenols is 1. The van der Waals surface area contributed by atoms with Crippen LogP contribution in [-0.4, -0.2) is 36.8 Å². The van der Waals surface area contributed by atoms with Crippen molar-refractivity contribution in [3.8, 4) is 11.5 Å². The van der Waals surface area contributed by atoms with Crippen molar-refractivity contribution in [1.29, 1.82) is 0 Å². The van der Waals surface area contributed by atoms with E-state index in [-0.39, 0.29) is 5.41 Å². The number of fused-ring (bicyclic) bond motifs is 1. The van der Waals surface area contributed by atoms with E-state index < -0.39 is 0 Å². The number of phenolic OH excluding ortho intramolecular Hbond substituents is 1. The van der Waals surface area contributed by atoms with Crippen LogP contribution in [0.1, 0.15) is 43.2 Å². The van der Waals surface area contributed by atoms with Crippen LogP contribution in [0.15, 0.2) is 12.1 Å². The summed E-state index contributed by atoms with van der Waals surface area (Å²) in [6.07, 6.45) is 7.44. The lowest BCUT2D eigenvalue weighted by Crippen LogP contribution is -2.59. The summed E-state index contributed by atoms with van der Waals surface area (Å²) in [5.74, 6) is 1.77. The number of nitrogens with zero attached hydrogens (tertiary/aromatic N) is 1. The Morgan fingerprint density at radius 3 is 2.95 bits per heavy atom. The van der Waals surface area contributed by atoms with Crippen LogP contribution < -0.4 is 4.74 Å². The third-order valence-electron chi connectivity index (χ3n) is 6.41. The fourth-order valence-corrected chi connectivity index (χ4v) is 5.45. The smallest absolute Gasteiger partial charge is 0.161 e. The molecule has 3 nitrogen and oxygen atoms in total. The molecule has 0 amide bonds. The Balaban J connectivity index is 1.93. The number of hydrogen-bond donors (Lipinski definition) is 1. The van der Waals surface area contributed by atoms with Crippen molar-refractivity contribution in [2.24, 2.45) is 5.92 Å². The van der Waals surface area contributed by atoms with Crippen molar-refractivity contribution in [3.63, 3.8) is 0 Å². The second kappa shape index (κ2) is 4.64. The van der Waals surface area contributed by atoms with Gasteiger partial charge in [0.1, 0.15) is 0 Å². The van der Waals surface area contributed by atoms with Crippen molar-refractivity contribution in [3.05, 3.63) is 23.3 Å². The van der Waals surface area contributed by atoms with Gasteiger partial charge in [-0.25, -0.2) is 0 Å². The summed E-state index contributed by atoms with van der Waals surface area (Å²) in [6, 6.07) is 4.77. The largest absolute Gasteiger partial charge is 0.504 e. The van der Waals surface area contributed by atoms with Gasteiger partial charge in [0.05, 0.1) is 7.11 Å². The predicted molar refractivity (Wildman–Crippen MR) is 83.0 cm³/mol. The fourth-order valence-electron chi connectivity index (χ4n) is 5.45. The number of hydrogen-bond acceptors (Lipinski definition) is 3. The number of likely N-dealkylation sites (N-methyl/N-ethyl adjacent to an activating group) is 1. The quantitative estimate of drug-likeness (QED) is 0.861. The third kappa shape index (κ3) is 1.70. The Hall–Kier alpha value is -1.22. The number of benzene rings is 1. The Kier molecular flexibility index (Phi) is 2.97. The molecule has 1 saturated carbocycles. The average molecular weight is 287 g/mol. The van der Waals surface area contributed by atoms with Crippen molar-refractivity contribution >= 4 is 0 Å². The zero-order valence-electron chi connectivity index (χ0n) is 13.1. The molecule has 3 heteroatoms. The monoisotopic (exact) mass is 287 g/mol. The van der Waals surface area contributed by atoms with Gasteiger partial charge < -0.3 is 14.7 Å². The lowest BCUT2D eigenvalue weighted by molar-refractivity contribution is 0.00132. The summed E-state index contributed by atoms with van der Waals surface area (Å²) in [6.45, 7) is 1.15. The molecule has 3 atom stereocenters. The molecule has 4 rings (SSSR count). The predicted octanol–water partition coefficient (Wildman–Crippen LogP) is 3.09. The van der Waals surface area contributed by atoms with E-state index in [1.807, 2.05) is 6.07 Å². The topological polar surface area (TPSA) is 32.7 Å². The molecule has 114 valence electrons. The van der Waals surface area contributed by atoms with Crippen molar-refractivity contribution in [1.82, 2.24) is 4.90 Å². The maximum atomic E-state index is 10.8. The molecule has 1 aromatic carbocycles. The minimum absolute atomic E-state index is 0.196. The van der Waals surface area contributed by atoms with Crippen LogP contribution in [0.5, 0.6) is 11.5 Å². The lowest BCUT2D eigenvalue weighted by Gasteiger charge is -2.58. The zero-order valence-corrected chi connectivity index (χ0v) is 13.1. The Morgan fingerprint density at radius 1 is 1.29 bits per heavy atom. The maximum absolute atomic E-state index is 10.8. The highest BCUT2D eigenvalue weighted by molar-refractivity contribution is 5.56. The molecule has 1 aromatic rings. The minimum Gasteiger partial charge on any atom is -0.504 e. The van der Waals surface area contributed by atoms with E-state index in [1.54, 1.807) is 7.11 Å². The van der Waals surface area contributed by atoms with Gasteiger partial charge in [-0.05, 0) is 56.8 Å². The van der Waals surface area contributed by atoms with Crippen molar-refractivity contribution < 1.29 is 9.84 Å². The van der Waals surface area contributed by atoms with Gasteiger partial charge in [0.15, 0.2) is 11.5 Å². The molecule has 2 aliphatic carbocycles. The first-order valence-electron chi connectivity index (χ1n) is 8.27. The lowest BCUT2D eigenvalue weighted by atomic mass is 9.52. The highest BCUT2D eigenvalue weighted by atomic mass is 16.5. The van der Waals surface area contributed by atoms with Gasteiger partial charge in [-0.2, -0.15) is 0 Å². The highest BCUT2D eigenvalue weighted by Gasteiger charge is 2.54. The first-order chi connectivity index (χ1) is 10.2. The summed E-state index contributed by atoms with van der Waals surface area (Å²) in [5.41, 5.74) is 2.78. The van der Waals surface area contributed by atoms with Crippen molar-refractivity contribution in [2.75, 3.05) is 20.7 Å². The van der Waals surface area contributed by atoms with Crippen LogP contribution in [0.25, 0.3) is 0 Å². The van der Waals surface area contributed by atoms with Crippen LogP contribution in [0.2, 0.25) is 0 Å². The summed E-state index contributed by atoms with van der Waals surface area (Å²) in [5, 5.41) is 10.8. The summed E-state index contributed by atoms with van der Waals surface area (Å²) in [4.78, 5) is 2.55.